The molecule has 0 unspecified atom stereocenters. The summed E-state index contributed by atoms with van der Waals surface area (Å²) in [5.74, 6) is -0.350. The maximum Gasteiger partial charge on any atom is 0.127 e. The number of nitrogens with one attached hydrogen (secondary N) is 1. The molecule has 20 heavy (non-hydrogen) atoms. The summed E-state index contributed by atoms with van der Waals surface area (Å²) in [5.41, 5.74) is 7.57. The number of nitrogen functional groups attached to an aromatic ring is 1. The largest absolute Gasteiger partial charge is 0.399 e. The third-order valence-corrected chi connectivity index (χ3v) is 3.50. The molecule has 3 rings (SSSR count). The molecule has 0 amide bonds. The number of hydrogen-bond donors (Lipinski definition) is 2. The van der Waals surface area contributed by atoms with Crippen molar-refractivity contribution in [2.75, 3.05) is 11.1 Å². The Hall–Kier alpha value is -2.07. The predicted molar refractivity (Wildman–Crippen MR) is 85.7 cm³/mol. The van der Waals surface area contributed by atoms with Crippen molar-refractivity contribution in [1.29, 1.82) is 0 Å². The minimum atomic E-state index is -0.350. The smallest absolute Gasteiger partial charge is 0.127 e. The lowest BCUT2D eigenvalue weighted by molar-refractivity contribution is 0.629. The van der Waals surface area contributed by atoms with E-state index < -0.39 is 0 Å². The molecule has 3 aromatic carbocycles. The van der Waals surface area contributed by atoms with Crippen LogP contribution < -0.4 is 11.1 Å². The monoisotopic (exact) mass is 330 g/mol. The molecule has 0 saturated heterocycles. The zero-order chi connectivity index (χ0) is 14.1. The fourth-order valence-corrected chi connectivity index (χ4v) is 2.52. The van der Waals surface area contributed by atoms with Crippen molar-refractivity contribution in [2.24, 2.45) is 0 Å². The molecule has 0 atom stereocenters. The molecule has 0 aliphatic carbocycles. The minimum absolute atomic E-state index is 0.350. The van der Waals surface area contributed by atoms with Crippen LogP contribution in [0.25, 0.3) is 10.8 Å². The quantitative estimate of drug-likeness (QED) is 0.644. The molecule has 0 spiro atoms. The lowest BCUT2D eigenvalue weighted by Gasteiger charge is -2.09. The summed E-state index contributed by atoms with van der Waals surface area (Å²) < 4.78 is 14.3. The second kappa shape index (κ2) is 5.13. The van der Waals surface area contributed by atoms with Crippen LogP contribution in [0.2, 0.25) is 0 Å². The molecule has 0 bridgehead atoms. The molecule has 3 aromatic rings. The Morgan fingerprint density at radius 2 is 1.60 bits per heavy atom. The number of anilines is 3. The van der Waals surface area contributed by atoms with Crippen LogP contribution in [-0.2, 0) is 0 Å². The standard InChI is InChI=1S/C16H12BrFN2/c17-12-3-1-11-6-15(4-2-10(11)5-12)20-16-8-13(18)7-14(19)9-16/h1-9,20H,19H2. The first kappa shape index (κ1) is 12.9. The number of fused-ring (bicyclic) bond motifs is 1. The normalized spacial score (nSPS) is 10.7. The van der Waals surface area contributed by atoms with E-state index in [9.17, 15) is 4.39 Å². The lowest BCUT2D eigenvalue weighted by atomic mass is 10.1. The van der Waals surface area contributed by atoms with Crippen LogP contribution in [0.1, 0.15) is 0 Å². The molecule has 0 saturated carbocycles. The van der Waals surface area contributed by atoms with E-state index in [0.717, 1.165) is 20.9 Å². The van der Waals surface area contributed by atoms with Crippen LogP contribution in [0.15, 0.2) is 59.1 Å². The van der Waals surface area contributed by atoms with Crippen molar-refractivity contribution >= 4 is 43.8 Å². The first-order chi connectivity index (χ1) is 9.60. The second-order valence-corrected chi connectivity index (χ2v) is 5.52. The summed E-state index contributed by atoms with van der Waals surface area (Å²) in [6, 6.07) is 16.5. The maximum absolute atomic E-state index is 13.3. The van der Waals surface area contributed by atoms with Crippen molar-refractivity contribution in [3.05, 3.63) is 64.9 Å². The van der Waals surface area contributed by atoms with Gasteiger partial charge in [0.05, 0.1) is 0 Å². The molecule has 3 N–H and O–H groups in total. The van der Waals surface area contributed by atoms with Crippen molar-refractivity contribution in [1.82, 2.24) is 0 Å². The molecule has 0 radical (unpaired) electrons. The van der Waals surface area contributed by atoms with Crippen molar-refractivity contribution in [3.63, 3.8) is 0 Å². The summed E-state index contributed by atoms with van der Waals surface area (Å²) in [6.07, 6.45) is 0. The third-order valence-electron chi connectivity index (χ3n) is 3.01. The highest BCUT2D eigenvalue weighted by Crippen LogP contribution is 2.26. The average Bonchev–Trinajstić information content (AvgIpc) is 2.38. The van der Waals surface area contributed by atoms with Gasteiger partial charge in [0.25, 0.3) is 0 Å². The van der Waals surface area contributed by atoms with E-state index in [1.807, 2.05) is 30.3 Å². The highest BCUT2D eigenvalue weighted by molar-refractivity contribution is 9.10. The zero-order valence-electron chi connectivity index (χ0n) is 10.5. The Morgan fingerprint density at radius 3 is 2.40 bits per heavy atom. The summed E-state index contributed by atoms with van der Waals surface area (Å²) in [5, 5.41) is 5.42. The minimum Gasteiger partial charge on any atom is -0.399 e. The van der Waals surface area contributed by atoms with Gasteiger partial charge >= 0.3 is 0 Å². The SMILES string of the molecule is Nc1cc(F)cc(Nc2ccc3cc(Br)ccc3c2)c1. The van der Waals surface area contributed by atoms with Gasteiger partial charge in [-0.05, 0) is 53.2 Å². The Bertz CT molecular complexity index is 766. The van der Waals surface area contributed by atoms with Crippen LogP contribution in [0, 0.1) is 5.82 Å². The van der Waals surface area contributed by atoms with E-state index in [0.29, 0.717) is 11.4 Å². The van der Waals surface area contributed by atoms with E-state index >= 15 is 0 Å². The number of rotatable bonds is 2. The van der Waals surface area contributed by atoms with Crippen LogP contribution in [0.3, 0.4) is 0 Å². The van der Waals surface area contributed by atoms with Gasteiger partial charge in [-0.1, -0.05) is 28.1 Å². The Morgan fingerprint density at radius 1 is 0.850 bits per heavy atom. The Labute approximate surface area is 124 Å². The molecule has 0 aliphatic rings. The third kappa shape index (κ3) is 2.75. The Balaban J connectivity index is 1.96. The van der Waals surface area contributed by atoms with Gasteiger partial charge in [-0.3, -0.25) is 0 Å². The molecule has 2 nitrogen and oxygen atoms in total. The van der Waals surface area contributed by atoms with Gasteiger partial charge in [-0.15, -0.1) is 0 Å². The van der Waals surface area contributed by atoms with Crippen molar-refractivity contribution in [2.45, 2.75) is 0 Å². The predicted octanol–water partition coefficient (Wildman–Crippen LogP) is 5.07. The fraction of sp³-hybridized carbons (Fsp3) is 0. The van der Waals surface area contributed by atoms with Gasteiger partial charge in [0.1, 0.15) is 5.82 Å². The van der Waals surface area contributed by atoms with Crippen LogP contribution >= 0.6 is 15.9 Å². The van der Waals surface area contributed by atoms with Gasteiger partial charge < -0.3 is 11.1 Å². The van der Waals surface area contributed by atoms with Gasteiger partial charge in [-0.2, -0.15) is 0 Å². The van der Waals surface area contributed by atoms with Gasteiger partial charge in [0.15, 0.2) is 0 Å². The van der Waals surface area contributed by atoms with E-state index in [1.165, 1.54) is 12.1 Å². The first-order valence-corrected chi connectivity index (χ1v) is 6.92. The molecule has 0 aliphatic heterocycles. The summed E-state index contributed by atoms with van der Waals surface area (Å²) in [6.45, 7) is 0. The van der Waals surface area contributed by atoms with Gasteiger partial charge in [0.2, 0.25) is 0 Å². The van der Waals surface area contributed by atoms with E-state index in [4.69, 9.17) is 5.73 Å². The summed E-state index contributed by atoms with van der Waals surface area (Å²) in [4.78, 5) is 0. The second-order valence-electron chi connectivity index (χ2n) is 4.60. The van der Waals surface area contributed by atoms with Crippen LogP contribution in [0.4, 0.5) is 21.5 Å². The molecular weight excluding hydrogens is 319 g/mol. The van der Waals surface area contributed by atoms with Crippen LogP contribution in [0.5, 0.6) is 0 Å². The zero-order valence-corrected chi connectivity index (χ0v) is 12.1. The fourth-order valence-electron chi connectivity index (χ4n) is 2.15. The molecule has 100 valence electrons. The van der Waals surface area contributed by atoms with Gasteiger partial charge in [0, 0.05) is 21.5 Å². The molecule has 0 fully saturated rings. The molecule has 4 heteroatoms. The van der Waals surface area contributed by atoms with Gasteiger partial charge in [-0.25, -0.2) is 4.39 Å². The first-order valence-electron chi connectivity index (χ1n) is 6.12. The number of halogens is 2. The summed E-state index contributed by atoms with van der Waals surface area (Å²) in [7, 11) is 0. The summed E-state index contributed by atoms with van der Waals surface area (Å²) >= 11 is 3.45. The Kier molecular flexibility index (Phi) is 3.32. The average molecular weight is 331 g/mol. The van der Waals surface area contributed by atoms with E-state index in [2.05, 4.69) is 27.3 Å². The highest BCUT2D eigenvalue weighted by atomic mass is 79.9. The molecule has 0 aromatic heterocycles. The maximum atomic E-state index is 13.3. The molecular formula is C16H12BrFN2. The van der Waals surface area contributed by atoms with E-state index in [-0.39, 0.29) is 5.82 Å². The number of hydrogen-bond acceptors (Lipinski definition) is 2. The number of benzene rings is 3. The van der Waals surface area contributed by atoms with Crippen LogP contribution in [-0.4, -0.2) is 0 Å². The highest BCUT2D eigenvalue weighted by Gasteiger charge is 2.01. The number of nitrogens with two attached hydrogens (primary N) is 1. The van der Waals surface area contributed by atoms with E-state index in [1.54, 1.807) is 6.07 Å². The molecule has 0 heterocycles. The van der Waals surface area contributed by atoms with Crippen molar-refractivity contribution in [3.8, 4) is 0 Å². The topological polar surface area (TPSA) is 38.0 Å². The van der Waals surface area contributed by atoms with Crippen molar-refractivity contribution < 1.29 is 4.39 Å². The lowest BCUT2D eigenvalue weighted by Crippen LogP contribution is -1.94.